The molecule has 0 aromatic heterocycles. The highest BCUT2D eigenvalue weighted by Gasteiger charge is 2.13. The lowest BCUT2D eigenvalue weighted by Gasteiger charge is -2.14. The molecule has 2 rings (SSSR count). The van der Waals surface area contributed by atoms with E-state index in [4.69, 9.17) is 11.6 Å². The molecule has 0 aliphatic rings. The fourth-order valence-corrected chi connectivity index (χ4v) is 2.29. The van der Waals surface area contributed by atoms with Crippen LogP contribution in [0.25, 0.3) is 0 Å². The lowest BCUT2D eigenvalue weighted by molar-refractivity contribution is -0.885. The number of amides is 1. The molecule has 0 saturated carbocycles. The molecule has 22 heavy (non-hydrogen) atoms. The maximum absolute atomic E-state index is 13.5. The van der Waals surface area contributed by atoms with Crippen LogP contribution >= 0.6 is 11.6 Å². The molecule has 0 heterocycles. The Bertz CT molecular complexity index is 679. The van der Waals surface area contributed by atoms with Crippen LogP contribution in [-0.4, -0.2) is 19.5 Å². The Hall–Kier alpha value is -1.98. The topological polar surface area (TPSA) is 33.5 Å². The van der Waals surface area contributed by atoms with Gasteiger partial charge >= 0.3 is 0 Å². The number of hydrogen-bond donors (Lipinski definition) is 2. The maximum atomic E-state index is 13.5. The number of carbonyl (C=O) groups excluding carboxylic acids is 1. The zero-order valence-electron chi connectivity index (χ0n) is 12.0. The van der Waals surface area contributed by atoms with Gasteiger partial charge in [0.2, 0.25) is 0 Å². The van der Waals surface area contributed by atoms with E-state index in [2.05, 4.69) is 5.32 Å². The van der Waals surface area contributed by atoms with Crippen molar-refractivity contribution in [2.75, 3.05) is 18.9 Å². The highest BCUT2D eigenvalue weighted by Crippen LogP contribution is 2.19. The van der Waals surface area contributed by atoms with Crippen LogP contribution < -0.4 is 10.2 Å². The molecular formula is C16H16ClF2N2O+. The average Bonchev–Trinajstić information content (AvgIpc) is 2.42. The monoisotopic (exact) mass is 325 g/mol. The lowest BCUT2D eigenvalue weighted by atomic mass is 10.2. The first-order valence-corrected chi connectivity index (χ1v) is 7.12. The summed E-state index contributed by atoms with van der Waals surface area (Å²) < 4.78 is 26.6. The SMILES string of the molecule is C[NH+](CC(=O)Nc1cc(Cl)ccc1F)Cc1cccc(F)c1. The van der Waals surface area contributed by atoms with Gasteiger partial charge in [-0.15, -0.1) is 0 Å². The summed E-state index contributed by atoms with van der Waals surface area (Å²) in [5, 5.41) is 2.83. The predicted octanol–water partition coefficient (Wildman–Crippen LogP) is 2.27. The van der Waals surface area contributed by atoms with Crippen molar-refractivity contribution in [1.29, 1.82) is 0 Å². The number of quaternary nitrogens is 1. The van der Waals surface area contributed by atoms with Gasteiger partial charge in [-0.05, 0) is 30.3 Å². The standard InChI is InChI=1S/C16H15ClF2N2O/c1-21(9-11-3-2-4-13(18)7-11)10-16(22)20-15-8-12(17)5-6-14(15)19/h2-8H,9-10H2,1H3,(H,20,22)/p+1. The minimum absolute atomic E-state index is 0.0519. The first kappa shape index (κ1) is 16.4. The molecule has 0 aliphatic heterocycles. The van der Waals surface area contributed by atoms with Crippen molar-refractivity contribution in [1.82, 2.24) is 0 Å². The molecule has 6 heteroatoms. The van der Waals surface area contributed by atoms with Crippen LogP contribution in [0, 0.1) is 11.6 Å². The number of benzene rings is 2. The first-order chi connectivity index (χ1) is 10.4. The zero-order valence-corrected chi connectivity index (χ0v) is 12.8. The van der Waals surface area contributed by atoms with E-state index in [0.29, 0.717) is 11.6 Å². The lowest BCUT2D eigenvalue weighted by Crippen LogP contribution is -3.08. The second-order valence-electron chi connectivity index (χ2n) is 5.11. The molecule has 0 radical (unpaired) electrons. The Morgan fingerprint density at radius 2 is 2.00 bits per heavy atom. The minimum atomic E-state index is -0.541. The van der Waals surface area contributed by atoms with E-state index in [9.17, 15) is 13.6 Å². The summed E-state index contributed by atoms with van der Waals surface area (Å²) in [7, 11) is 1.80. The minimum Gasteiger partial charge on any atom is -0.326 e. The van der Waals surface area contributed by atoms with Crippen molar-refractivity contribution in [3.8, 4) is 0 Å². The van der Waals surface area contributed by atoms with Gasteiger partial charge in [-0.1, -0.05) is 23.7 Å². The van der Waals surface area contributed by atoms with Gasteiger partial charge in [0.15, 0.2) is 6.54 Å². The average molecular weight is 326 g/mol. The van der Waals surface area contributed by atoms with Crippen LogP contribution in [-0.2, 0) is 11.3 Å². The van der Waals surface area contributed by atoms with Gasteiger partial charge in [0.1, 0.15) is 18.2 Å². The molecular weight excluding hydrogens is 310 g/mol. The highest BCUT2D eigenvalue weighted by atomic mass is 35.5. The largest absolute Gasteiger partial charge is 0.326 e. The number of rotatable bonds is 5. The van der Waals surface area contributed by atoms with Crippen molar-refractivity contribution >= 4 is 23.2 Å². The van der Waals surface area contributed by atoms with Gasteiger partial charge in [0, 0.05) is 10.6 Å². The fourth-order valence-electron chi connectivity index (χ4n) is 2.12. The summed E-state index contributed by atoms with van der Waals surface area (Å²) in [4.78, 5) is 12.8. The summed E-state index contributed by atoms with van der Waals surface area (Å²) in [6.45, 7) is 0.617. The molecule has 0 fully saturated rings. The number of likely N-dealkylation sites (N-methyl/N-ethyl adjacent to an activating group) is 1. The Labute approximate surface area is 132 Å². The molecule has 1 unspecified atom stereocenters. The van der Waals surface area contributed by atoms with E-state index >= 15 is 0 Å². The molecule has 0 aliphatic carbocycles. The molecule has 1 amide bonds. The number of nitrogens with one attached hydrogen (secondary N) is 2. The fraction of sp³-hybridized carbons (Fsp3) is 0.188. The van der Waals surface area contributed by atoms with E-state index in [1.165, 1.54) is 30.3 Å². The molecule has 116 valence electrons. The van der Waals surface area contributed by atoms with Gasteiger partial charge in [0.05, 0.1) is 12.7 Å². The summed E-state index contributed by atoms with van der Waals surface area (Å²) in [5.74, 6) is -1.19. The molecule has 2 aromatic carbocycles. The number of hydrogen-bond acceptors (Lipinski definition) is 1. The number of halogens is 3. The molecule has 0 spiro atoms. The first-order valence-electron chi connectivity index (χ1n) is 6.74. The van der Waals surface area contributed by atoms with Gasteiger partial charge in [0.25, 0.3) is 5.91 Å². The van der Waals surface area contributed by atoms with E-state index in [0.717, 1.165) is 10.5 Å². The predicted molar refractivity (Wildman–Crippen MR) is 81.9 cm³/mol. The second-order valence-corrected chi connectivity index (χ2v) is 5.55. The van der Waals surface area contributed by atoms with Crippen molar-refractivity contribution in [3.63, 3.8) is 0 Å². The molecule has 1 atom stereocenters. The molecule has 0 saturated heterocycles. The van der Waals surface area contributed by atoms with Crippen LogP contribution in [0.4, 0.5) is 14.5 Å². The summed E-state index contributed by atoms with van der Waals surface area (Å²) in [5.41, 5.74) is 0.843. The van der Waals surface area contributed by atoms with Crippen LogP contribution in [0.5, 0.6) is 0 Å². The summed E-state index contributed by atoms with van der Waals surface area (Å²) in [6, 6.07) is 10.2. The number of carbonyl (C=O) groups is 1. The van der Waals surface area contributed by atoms with Gasteiger partial charge in [-0.2, -0.15) is 0 Å². The molecule has 2 aromatic rings. The van der Waals surface area contributed by atoms with Crippen molar-refractivity contribution in [2.45, 2.75) is 6.54 Å². The smallest absolute Gasteiger partial charge is 0.279 e. The Morgan fingerprint density at radius 3 is 2.73 bits per heavy atom. The van der Waals surface area contributed by atoms with Crippen LogP contribution in [0.2, 0.25) is 5.02 Å². The van der Waals surface area contributed by atoms with Gasteiger partial charge < -0.3 is 10.2 Å². The van der Waals surface area contributed by atoms with E-state index in [1.807, 2.05) is 0 Å². The second kappa shape index (κ2) is 7.33. The van der Waals surface area contributed by atoms with Crippen LogP contribution in [0.3, 0.4) is 0 Å². The normalized spacial score (nSPS) is 12.0. The van der Waals surface area contributed by atoms with E-state index in [-0.39, 0.29) is 24.0 Å². The van der Waals surface area contributed by atoms with Crippen molar-refractivity contribution in [3.05, 3.63) is 64.7 Å². The Morgan fingerprint density at radius 1 is 1.23 bits per heavy atom. The quantitative estimate of drug-likeness (QED) is 0.869. The van der Waals surface area contributed by atoms with Crippen LogP contribution in [0.15, 0.2) is 42.5 Å². The third-order valence-corrected chi connectivity index (χ3v) is 3.29. The Kier molecular flexibility index (Phi) is 5.46. The molecule has 3 nitrogen and oxygen atoms in total. The third-order valence-electron chi connectivity index (χ3n) is 3.06. The zero-order chi connectivity index (χ0) is 16.1. The van der Waals surface area contributed by atoms with Gasteiger partial charge in [-0.3, -0.25) is 4.79 Å². The Balaban J connectivity index is 1.92. The number of anilines is 1. The van der Waals surface area contributed by atoms with E-state index in [1.54, 1.807) is 19.2 Å². The maximum Gasteiger partial charge on any atom is 0.279 e. The van der Waals surface area contributed by atoms with Crippen LogP contribution in [0.1, 0.15) is 5.56 Å². The van der Waals surface area contributed by atoms with Gasteiger partial charge in [-0.25, -0.2) is 8.78 Å². The highest BCUT2D eigenvalue weighted by molar-refractivity contribution is 6.30. The molecule has 0 bridgehead atoms. The van der Waals surface area contributed by atoms with E-state index < -0.39 is 5.82 Å². The van der Waals surface area contributed by atoms with Crippen molar-refractivity contribution < 1.29 is 18.5 Å². The summed E-state index contributed by atoms with van der Waals surface area (Å²) >= 11 is 5.77. The third kappa shape index (κ3) is 4.79. The van der Waals surface area contributed by atoms with Crippen molar-refractivity contribution in [2.24, 2.45) is 0 Å². The summed E-state index contributed by atoms with van der Waals surface area (Å²) in [6.07, 6.45) is 0. The molecule has 2 N–H and O–H groups in total.